The van der Waals surface area contributed by atoms with Crippen LogP contribution in [0.1, 0.15) is 13.8 Å². The Morgan fingerprint density at radius 2 is 1.79 bits per heavy atom. The van der Waals surface area contributed by atoms with E-state index in [1.807, 2.05) is 26.0 Å². The van der Waals surface area contributed by atoms with E-state index >= 15 is 0 Å². The van der Waals surface area contributed by atoms with Crippen molar-refractivity contribution in [1.29, 1.82) is 0 Å². The summed E-state index contributed by atoms with van der Waals surface area (Å²) in [5.74, 6) is 1.49. The minimum atomic E-state index is 0.689. The third kappa shape index (κ3) is 6.49. The van der Waals surface area contributed by atoms with Gasteiger partial charge in [0.15, 0.2) is 0 Å². The largest absolute Gasteiger partial charge is 0.462 e. The summed E-state index contributed by atoms with van der Waals surface area (Å²) in [6.07, 6.45) is 8.86. The highest BCUT2D eigenvalue weighted by Gasteiger charge is 1.91. The van der Waals surface area contributed by atoms with Gasteiger partial charge in [-0.15, -0.1) is 0 Å². The maximum Gasteiger partial charge on any atom is 0.126 e. The van der Waals surface area contributed by atoms with E-state index in [0.29, 0.717) is 5.76 Å². The molecule has 0 amide bonds. The van der Waals surface area contributed by atoms with Gasteiger partial charge in [0.1, 0.15) is 11.5 Å². The minimum Gasteiger partial charge on any atom is -0.462 e. The second kappa shape index (κ2) is 7.39. The zero-order chi connectivity index (χ0) is 11.0. The molecule has 0 saturated carbocycles. The van der Waals surface area contributed by atoms with Gasteiger partial charge >= 0.3 is 0 Å². The van der Waals surface area contributed by atoms with Gasteiger partial charge in [0, 0.05) is 0 Å². The van der Waals surface area contributed by atoms with Crippen LogP contribution in [-0.2, 0) is 4.74 Å². The quantitative estimate of drug-likeness (QED) is 0.520. The lowest BCUT2D eigenvalue weighted by molar-refractivity contribution is 0.323. The first kappa shape index (κ1) is 13.0. The van der Waals surface area contributed by atoms with Crippen LogP contribution in [-0.4, -0.2) is 0 Å². The number of allylic oxidation sites excluding steroid dienone is 7. The molecule has 0 aliphatic heterocycles. The third-order valence-electron chi connectivity index (χ3n) is 1.31. The highest BCUT2D eigenvalue weighted by molar-refractivity contribution is 9.11. The Labute approximate surface area is 94.3 Å². The number of hydrogen-bond donors (Lipinski definition) is 0. The van der Waals surface area contributed by atoms with Crippen molar-refractivity contribution in [1.82, 2.24) is 0 Å². The lowest BCUT2D eigenvalue weighted by atomic mass is 10.4. The van der Waals surface area contributed by atoms with Crippen LogP contribution < -0.4 is 0 Å². The zero-order valence-electron chi connectivity index (χ0n) is 8.59. The molecule has 0 fully saturated rings. The molecule has 0 saturated heterocycles. The molecular weight excluding hydrogens is 240 g/mol. The fourth-order valence-corrected chi connectivity index (χ4v) is 0.844. The van der Waals surface area contributed by atoms with Crippen LogP contribution in [0, 0.1) is 0 Å². The van der Waals surface area contributed by atoms with Crippen molar-refractivity contribution in [3.8, 4) is 0 Å². The van der Waals surface area contributed by atoms with E-state index in [0.717, 1.165) is 10.2 Å². The topological polar surface area (TPSA) is 9.23 Å². The van der Waals surface area contributed by atoms with E-state index in [4.69, 9.17) is 4.74 Å². The first-order valence-corrected chi connectivity index (χ1v) is 5.03. The average Bonchev–Trinajstić information content (AvgIpc) is 2.14. The Hall–Kier alpha value is -1.02. The summed E-state index contributed by atoms with van der Waals surface area (Å²) < 4.78 is 6.51. The summed E-state index contributed by atoms with van der Waals surface area (Å²) >= 11 is 3.33. The molecule has 0 radical (unpaired) electrons. The van der Waals surface area contributed by atoms with Gasteiger partial charge in [-0.25, -0.2) is 0 Å². The molecule has 0 spiro atoms. The monoisotopic (exact) mass is 254 g/mol. The van der Waals surface area contributed by atoms with E-state index in [9.17, 15) is 0 Å². The minimum absolute atomic E-state index is 0.689. The molecule has 0 aromatic rings. The van der Waals surface area contributed by atoms with Gasteiger partial charge in [-0.1, -0.05) is 35.2 Å². The van der Waals surface area contributed by atoms with E-state index in [-0.39, 0.29) is 0 Å². The van der Waals surface area contributed by atoms with Crippen LogP contribution in [0.2, 0.25) is 0 Å². The molecule has 0 aliphatic rings. The van der Waals surface area contributed by atoms with Crippen LogP contribution in [0.15, 0.2) is 59.5 Å². The molecule has 14 heavy (non-hydrogen) atoms. The van der Waals surface area contributed by atoms with Crippen molar-refractivity contribution in [2.24, 2.45) is 0 Å². The van der Waals surface area contributed by atoms with Gasteiger partial charge in [-0.05, 0) is 42.6 Å². The maximum atomic E-state index is 5.46. The highest BCUT2D eigenvalue weighted by atomic mass is 79.9. The first-order valence-electron chi connectivity index (χ1n) is 4.24. The molecule has 0 heterocycles. The molecule has 0 unspecified atom stereocenters. The standard InChI is InChI=1S/C12H15BrO/c1-5-7-12(6-2)14-11(4)9-8-10(3)13/h5-9H,1-2H2,3-4H3/b10-8+,11-9+,12-7+. The predicted octanol–water partition coefficient (Wildman–Crippen LogP) is 4.46. The van der Waals surface area contributed by atoms with Crippen LogP contribution in [0.25, 0.3) is 0 Å². The van der Waals surface area contributed by atoms with Crippen LogP contribution in [0.4, 0.5) is 0 Å². The average molecular weight is 255 g/mol. The maximum absolute atomic E-state index is 5.46. The summed E-state index contributed by atoms with van der Waals surface area (Å²) in [4.78, 5) is 0. The highest BCUT2D eigenvalue weighted by Crippen LogP contribution is 2.09. The molecule has 0 aliphatic carbocycles. The fourth-order valence-electron chi connectivity index (χ4n) is 0.712. The molecule has 0 atom stereocenters. The van der Waals surface area contributed by atoms with E-state index in [2.05, 4.69) is 29.1 Å². The molecule has 76 valence electrons. The van der Waals surface area contributed by atoms with E-state index in [1.54, 1.807) is 18.2 Å². The second-order valence-electron chi connectivity index (χ2n) is 2.64. The molecular formula is C12H15BrO. The van der Waals surface area contributed by atoms with Crippen molar-refractivity contribution < 1.29 is 4.74 Å². The van der Waals surface area contributed by atoms with E-state index in [1.165, 1.54) is 0 Å². The lowest BCUT2D eigenvalue weighted by Gasteiger charge is -2.04. The van der Waals surface area contributed by atoms with Crippen LogP contribution in [0.5, 0.6) is 0 Å². The van der Waals surface area contributed by atoms with Gasteiger partial charge in [0.05, 0.1) is 0 Å². The van der Waals surface area contributed by atoms with Gasteiger partial charge < -0.3 is 4.74 Å². The fraction of sp³-hybridized carbons (Fsp3) is 0.167. The Kier molecular flexibility index (Phi) is 6.85. The summed E-state index contributed by atoms with van der Waals surface area (Å²) in [5, 5.41) is 0. The molecule has 0 aromatic carbocycles. The summed E-state index contributed by atoms with van der Waals surface area (Å²) in [7, 11) is 0. The molecule has 0 bridgehead atoms. The van der Waals surface area contributed by atoms with Crippen molar-refractivity contribution in [2.75, 3.05) is 0 Å². The van der Waals surface area contributed by atoms with Crippen LogP contribution in [0.3, 0.4) is 0 Å². The summed E-state index contributed by atoms with van der Waals surface area (Å²) in [5.41, 5.74) is 0. The SMILES string of the molecule is C=C/C=C(\C=C)O/C(C)=C/C=C(\C)Br. The Bertz CT molecular complexity index is 291. The smallest absolute Gasteiger partial charge is 0.126 e. The first-order chi connectivity index (χ1) is 6.60. The molecule has 0 aromatic heterocycles. The number of hydrogen-bond acceptors (Lipinski definition) is 1. The lowest BCUT2D eigenvalue weighted by Crippen LogP contribution is -1.85. The van der Waals surface area contributed by atoms with Crippen LogP contribution >= 0.6 is 15.9 Å². The Morgan fingerprint density at radius 3 is 2.21 bits per heavy atom. The molecule has 0 N–H and O–H groups in total. The molecule has 0 rings (SSSR count). The number of rotatable bonds is 5. The Balaban J connectivity index is 4.43. The van der Waals surface area contributed by atoms with Crippen molar-refractivity contribution >= 4 is 15.9 Å². The summed E-state index contributed by atoms with van der Waals surface area (Å²) in [6.45, 7) is 11.1. The molecule has 2 heteroatoms. The Morgan fingerprint density at radius 1 is 1.14 bits per heavy atom. The second-order valence-corrected chi connectivity index (χ2v) is 3.89. The summed E-state index contributed by atoms with van der Waals surface area (Å²) in [6, 6.07) is 0. The normalized spacial score (nSPS) is 13.8. The van der Waals surface area contributed by atoms with Gasteiger partial charge in [0.2, 0.25) is 0 Å². The van der Waals surface area contributed by atoms with E-state index < -0.39 is 0 Å². The number of halogens is 1. The van der Waals surface area contributed by atoms with Gasteiger partial charge in [-0.3, -0.25) is 0 Å². The van der Waals surface area contributed by atoms with Crippen molar-refractivity contribution in [3.05, 3.63) is 59.5 Å². The van der Waals surface area contributed by atoms with Crippen molar-refractivity contribution in [2.45, 2.75) is 13.8 Å². The zero-order valence-corrected chi connectivity index (χ0v) is 10.2. The number of ether oxygens (including phenoxy) is 1. The van der Waals surface area contributed by atoms with Gasteiger partial charge in [0.25, 0.3) is 0 Å². The van der Waals surface area contributed by atoms with Gasteiger partial charge in [-0.2, -0.15) is 0 Å². The molecule has 1 nitrogen and oxygen atoms in total. The van der Waals surface area contributed by atoms with Crippen molar-refractivity contribution in [3.63, 3.8) is 0 Å². The third-order valence-corrected chi connectivity index (χ3v) is 1.57. The predicted molar refractivity (Wildman–Crippen MR) is 66.0 cm³/mol.